The van der Waals surface area contributed by atoms with E-state index in [0.29, 0.717) is 12.5 Å². The average molecular weight is 173 g/mol. The van der Waals surface area contributed by atoms with E-state index in [4.69, 9.17) is 9.94 Å². The fourth-order valence-electron chi connectivity index (χ4n) is 0.439. The van der Waals surface area contributed by atoms with Crippen molar-refractivity contribution in [3.05, 3.63) is 12.2 Å². The summed E-state index contributed by atoms with van der Waals surface area (Å²) in [5.41, 5.74) is 2.61. The van der Waals surface area contributed by atoms with Crippen LogP contribution in [0.25, 0.3) is 0 Å². The Bertz CT molecular complexity index is 166. The topological polar surface area (TPSA) is 58.6 Å². The van der Waals surface area contributed by atoms with Crippen molar-refractivity contribution in [3.8, 4) is 0 Å². The first-order valence-corrected chi connectivity index (χ1v) is 3.79. The van der Waals surface area contributed by atoms with Gasteiger partial charge in [0.1, 0.15) is 0 Å². The smallest absolute Gasteiger partial charge is 0.332 e. The van der Waals surface area contributed by atoms with Crippen LogP contribution in [0.5, 0.6) is 0 Å². The predicted molar refractivity (Wildman–Crippen MR) is 45.6 cm³/mol. The van der Waals surface area contributed by atoms with Gasteiger partial charge >= 0.3 is 5.97 Å². The molecule has 0 fully saturated rings. The van der Waals surface area contributed by atoms with Gasteiger partial charge in [0.15, 0.2) is 0 Å². The average Bonchev–Trinajstić information content (AvgIpc) is 1.97. The number of carbonyl (C=O) groups is 1. The van der Waals surface area contributed by atoms with Crippen LogP contribution < -0.4 is 5.48 Å². The van der Waals surface area contributed by atoms with E-state index in [-0.39, 0.29) is 12.1 Å². The third-order valence-electron chi connectivity index (χ3n) is 1.11. The van der Waals surface area contributed by atoms with Gasteiger partial charge in [0.2, 0.25) is 0 Å². The Morgan fingerprint density at radius 3 is 2.67 bits per heavy atom. The molecule has 0 aromatic heterocycles. The van der Waals surface area contributed by atoms with E-state index in [1.54, 1.807) is 0 Å². The minimum atomic E-state index is -1.00. The van der Waals surface area contributed by atoms with Crippen molar-refractivity contribution in [2.75, 3.05) is 13.2 Å². The van der Waals surface area contributed by atoms with Crippen molar-refractivity contribution >= 4 is 5.97 Å². The summed E-state index contributed by atoms with van der Waals surface area (Å²) in [6.07, 6.45) is 0. The lowest BCUT2D eigenvalue weighted by molar-refractivity contribution is -0.133. The molecule has 0 bridgehead atoms. The van der Waals surface area contributed by atoms with Gasteiger partial charge in [-0.1, -0.05) is 20.4 Å². The highest BCUT2D eigenvalue weighted by molar-refractivity contribution is 5.86. The minimum Gasteiger partial charge on any atom is -0.478 e. The van der Waals surface area contributed by atoms with Crippen molar-refractivity contribution in [1.82, 2.24) is 5.48 Å². The van der Waals surface area contributed by atoms with Crippen LogP contribution in [0.2, 0.25) is 0 Å². The van der Waals surface area contributed by atoms with E-state index in [2.05, 4.69) is 12.1 Å². The van der Waals surface area contributed by atoms with E-state index in [1.165, 1.54) is 0 Å². The van der Waals surface area contributed by atoms with Crippen LogP contribution in [0.1, 0.15) is 13.8 Å². The second-order valence-electron chi connectivity index (χ2n) is 2.93. The zero-order valence-electron chi connectivity index (χ0n) is 7.46. The lowest BCUT2D eigenvalue weighted by atomic mass is 10.2. The summed E-state index contributed by atoms with van der Waals surface area (Å²) in [4.78, 5) is 15.2. The first kappa shape index (κ1) is 11.1. The lowest BCUT2D eigenvalue weighted by Crippen LogP contribution is -2.22. The molecule has 0 aromatic rings. The van der Waals surface area contributed by atoms with Gasteiger partial charge in [0.05, 0.1) is 13.2 Å². The highest BCUT2D eigenvalue weighted by atomic mass is 16.6. The second-order valence-corrected chi connectivity index (χ2v) is 2.93. The SMILES string of the molecule is C=C(CNOCC(C)C)C(=O)O. The molecular weight excluding hydrogens is 158 g/mol. The van der Waals surface area contributed by atoms with Gasteiger partial charge in [-0.2, -0.15) is 5.48 Å². The van der Waals surface area contributed by atoms with Gasteiger partial charge in [0.25, 0.3) is 0 Å². The Labute approximate surface area is 72.2 Å². The summed E-state index contributed by atoms with van der Waals surface area (Å²) < 4.78 is 0. The van der Waals surface area contributed by atoms with Crippen molar-refractivity contribution in [1.29, 1.82) is 0 Å². The maximum Gasteiger partial charge on any atom is 0.332 e. The molecule has 0 radical (unpaired) electrons. The van der Waals surface area contributed by atoms with Crippen molar-refractivity contribution < 1.29 is 14.7 Å². The highest BCUT2D eigenvalue weighted by Crippen LogP contribution is 1.91. The van der Waals surface area contributed by atoms with Gasteiger partial charge in [-0.05, 0) is 5.92 Å². The van der Waals surface area contributed by atoms with Gasteiger partial charge in [-0.25, -0.2) is 4.79 Å². The Hall–Kier alpha value is -0.870. The molecule has 0 amide bonds. The van der Waals surface area contributed by atoms with Gasteiger partial charge in [-0.15, -0.1) is 0 Å². The fourth-order valence-corrected chi connectivity index (χ4v) is 0.439. The van der Waals surface area contributed by atoms with Crippen LogP contribution in [0, 0.1) is 5.92 Å². The summed E-state index contributed by atoms with van der Waals surface area (Å²) in [5, 5.41) is 8.40. The zero-order chi connectivity index (χ0) is 9.56. The Kier molecular flexibility index (Phi) is 5.32. The molecule has 12 heavy (non-hydrogen) atoms. The first-order chi connectivity index (χ1) is 5.54. The van der Waals surface area contributed by atoms with Crippen molar-refractivity contribution in [3.63, 3.8) is 0 Å². The second kappa shape index (κ2) is 5.74. The first-order valence-electron chi connectivity index (χ1n) is 3.79. The summed E-state index contributed by atoms with van der Waals surface area (Å²) in [5.74, 6) is -0.578. The maximum atomic E-state index is 10.2. The number of aliphatic carboxylic acids is 1. The van der Waals surface area contributed by atoms with Crippen molar-refractivity contribution in [2.24, 2.45) is 5.92 Å². The fraction of sp³-hybridized carbons (Fsp3) is 0.625. The summed E-state index contributed by atoms with van der Waals surface area (Å²) in [6.45, 7) is 8.06. The largest absolute Gasteiger partial charge is 0.478 e. The molecule has 0 rings (SSSR count). The van der Waals surface area contributed by atoms with E-state index in [1.807, 2.05) is 13.8 Å². The third kappa shape index (κ3) is 5.88. The quantitative estimate of drug-likeness (QED) is 0.354. The number of carboxylic acids is 1. The Morgan fingerprint density at radius 2 is 2.25 bits per heavy atom. The molecule has 2 N–H and O–H groups in total. The van der Waals surface area contributed by atoms with Crippen LogP contribution >= 0.6 is 0 Å². The van der Waals surface area contributed by atoms with Crippen LogP contribution in [-0.4, -0.2) is 24.2 Å². The molecule has 0 heterocycles. The minimum absolute atomic E-state index is 0.0961. The predicted octanol–water partition coefficient (Wildman–Crippen LogP) is 0.804. The molecular formula is C8H15NO3. The van der Waals surface area contributed by atoms with Crippen molar-refractivity contribution in [2.45, 2.75) is 13.8 Å². The summed E-state index contributed by atoms with van der Waals surface area (Å²) in [6, 6.07) is 0. The number of rotatable bonds is 6. The lowest BCUT2D eigenvalue weighted by Gasteiger charge is -2.07. The van der Waals surface area contributed by atoms with E-state index in [9.17, 15) is 4.79 Å². The van der Waals surface area contributed by atoms with Gasteiger partial charge in [0, 0.05) is 5.57 Å². The third-order valence-corrected chi connectivity index (χ3v) is 1.11. The Balaban J connectivity index is 3.32. The van der Waals surface area contributed by atoms with Gasteiger partial charge in [-0.3, -0.25) is 0 Å². The molecule has 0 aliphatic rings. The number of hydrogen-bond acceptors (Lipinski definition) is 3. The molecule has 70 valence electrons. The van der Waals surface area contributed by atoms with Crippen LogP contribution in [0.3, 0.4) is 0 Å². The molecule has 0 aromatic carbocycles. The Morgan fingerprint density at radius 1 is 1.67 bits per heavy atom. The molecule has 0 saturated heterocycles. The molecule has 0 unspecified atom stereocenters. The molecule has 0 spiro atoms. The maximum absolute atomic E-state index is 10.2. The zero-order valence-corrected chi connectivity index (χ0v) is 7.46. The number of nitrogens with one attached hydrogen (secondary N) is 1. The highest BCUT2D eigenvalue weighted by Gasteiger charge is 2.02. The van der Waals surface area contributed by atoms with Gasteiger partial charge < -0.3 is 9.94 Å². The molecule has 0 aliphatic carbocycles. The standard InChI is InChI=1S/C8H15NO3/c1-6(2)5-12-9-4-7(3)8(10)11/h6,9H,3-5H2,1-2H3,(H,10,11). The number of hydrogen-bond donors (Lipinski definition) is 2. The molecule has 0 saturated carbocycles. The van der Waals surface area contributed by atoms with Crippen LogP contribution in [0.4, 0.5) is 0 Å². The monoisotopic (exact) mass is 173 g/mol. The molecule has 4 heteroatoms. The number of carboxylic acid groups (broad SMARTS) is 1. The summed E-state index contributed by atoms with van der Waals surface area (Å²) >= 11 is 0. The normalized spacial score (nSPS) is 10.2. The molecule has 0 aliphatic heterocycles. The van der Waals surface area contributed by atoms with E-state index >= 15 is 0 Å². The van der Waals surface area contributed by atoms with E-state index < -0.39 is 5.97 Å². The van der Waals surface area contributed by atoms with Crippen LogP contribution in [0.15, 0.2) is 12.2 Å². The number of hydroxylamine groups is 1. The molecule has 4 nitrogen and oxygen atoms in total. The van der Waals surface area contributed by atoms with E-state index in [0.717, 1.165) is 0 Å². The molecule has 0 atom stereocenters. The summed E-state index contributed by atoms with van der Waals surface area (Å²) in [7, 11) is 0. The van der Waals surface area contributed by atoms with Crippen LogP contribution in [-0.2, 0) is 9.63 Å².